The number of anilines is 1. The summed E-state index contributed by atoms with van der Waals surface area (Å²) in [4.78, 5) is 32.4. The Morgan fingerprint density at radius 2 is 1.71 bits per heavy atom. The Hall–Kier alpha value is -3.81. The van der Waals surface area contributed by atoms with Crippen molar-refractivity contribution in [1.82, 2.24) is 20.0 Å². The van der Waals surface area contributed by atoms with Crippen LogP contribution in [0.5, 0.6) is 5.75 Å². The van der Waals surface area contributed by atoms with Gasteiger partial charge in [-0.25, -0.2) is 0 Å². The summed E-state index contributed by atoms with van der Waals surface area (Å²) in [6.07, 6.45) is 0.992. The zero-order chi connectivity index (χ0) is 24.4. The van der Waals surface area contributed by atoms with Crippen LogP contribution in [0, 0.1) is 6.92 Å². The predicted octanol–water partition coefficient (Wildman–Crippen LogP) is 2.82. The Morgan fingerprint density at radius 1 is 0.971 bits per heavy atom. The van der Waals surface area contributed by atoms with Crippen molar-refractivity contribution in [2.24, 2.45) is 0 Å². The first kappa shape index (κ1) is 23.0. The normalized spacial score (nSPS) is 15.7. The first-order valence-corrected chi connectivity index (χ1v) is 12.1. The summed E-state index contributed by atoms with van der Waals surface area (Å²) < 4.78 is 5.20. The van der Waals surface area contributed by atoms with E-state index in [-0.39, 0.29) is 11.8 Å². The van der Waals surface area contributed by atoms with Crippen LogP contribution < -0.4 is 9.64 Å². The molecule has 2 aliphatic heterocycles. The number of piperazine rings is 1. The summed E-state index contributed by atoms with van der Waals surface area (Å²) in [5, 5.41) is 7.43. The van der Waals surface area contributed by atoms with Gasteiger partial charge in [-0.1, -0.05) is 30.3 Å². The Morgan fingerprint density at radius 3 is 2.43 bits per heavy atom. The molecule has 8 nitrogen and oxygen atoms in total. The number of carbonyl (C=O) groups is 2. The molecule has 0 atom stereocenters. The maximum Gasteiger partial charge on any atom is 0.274 e. The van der Waals surface area contributed by atoms with Gasteiger partial charge in [-0.05, 0) is 36.2 Å². The third-order valence-corrected chi connectivity index (χ3v) is 7.03. The van der Waals surface area contributed by atoms with Gasteiger partial charge >= 0.3 is 0 Å². The third kappa shape index (κ3) is 4.73. The highest BCUT2D eigenvalue weighted by Gasteiger charge is 2.31. The van der Waals surface area contributed by atoms with Gasteiger partial charge in [-0.2, -0.15) is 5.10 Å². The largest absolute Gasteiger partial charge is 0.497 e. The number of H-pyrrole nitrogens is 1. The van der Waals surface area contributed by atoms with Crippen LogP contribution >= 0.6 is 0 Å². The first-order chi connectivity index (χ1) is 17.0. The van der Waals surface area contributed by atoms with Crippen LogP contribution in [0.15, 0.2) is 48.5 Å². The summed E-state index contributed by atoms with van der Waals surface area (Å²) in [5.41, 5.74) is 5.67. The molecule has 8 heteroatoms. The number of benzene rings is 2. The van der Waals surface area contributed by atoms with Crippen LogP contribution in [-0.4, -0.2) is 71.6 Å². The highest BCUT2D eigenvalue weighted by molar-refractivity contribution is 5.94. The van der Waals surface area contributed by atoms with Gasteiger partial charge in [0.15, 0.2) is 5.69 Å². The molecule has 2 amide bonds. The van der Waals surface area contributed by atoms with Crippen molar-refractivity contribution in [3.05, 3.63) is 76.6 Å². The first-order valence-electron chi connectivity index (χ1n) is 12.1. The molecule has 2 aliphatic rings. The maximum absolute atomic E-state index is 13.4. The van der Waals surface area contributed by atoms with Crippen molar-refractivity contribution in [2.45, 2.75) is 26.3 Å². The molecular weight excluding hydrogens is 442 g/mol. The van der Waals surface area contributed by atoms with E-state index in [0.29, 0.717) is 44.7 Å². The Kier molecular flexibility index (Phi) is 6.44. The average molecular weight is 474 g/mol. The molecule has 2 aromatic carbocycles. The van der Waals surface area contributed by atoms with Crippen molar-refractivity contribution in [3.63, 3.8) is 0 Å². The highest BCUT2D eigenvalue weighted by atomic mass is 16.5. The van der Waals surface area contributed by atoms with Gasteiger partial charge in [-0.15, -0.1) is 0 Å². The number of aromatic amines is 1. The number of methoxy groups -OCH3 is 1. The van der Waals surface area contributed by atoms with Gasteiger partial charge in [0.1, 0.15) is 5.75 Å². The second-order valence-electron chi connectivity index (χ2n) is 9.19. The molecule has 1 aromatic heterocycles. The molecule has 3 aromatic rings. The minimum atomic E-state index is -0.0589. The highest BCUT2D eigenvalue weighted by Crippen LogP contribution is 2.25. The van der Waals surface area contributed by atoms with Crippen LogP contribution in [-0.2, 0) is 24.2 Å². The molecule has 0 saturated carbocycles. The lowest BCUT2D eigenvalue weighted by Crippen LogP contribution is -2.49. The van der Waals surface area contributed by atoms with E-state index in [1.165, 1.54) is 11.3 Å². The second-order valence-corrected chi connectivity index (χ2v) is 9.19. The number of carbonyl (C=O) groups excluding carboxylic acids is 2. The van der Waals surface area contributed by atoms with E-state index in [1.54, 1.807) is 7.11 Å². The van der Waals surface area contributed by atoms with Crippen molar-refractivity contribution < 1.29 is 14.3 Å². The second kappa shape index (κ2) is 9.82. The number of fused-ring (bicyclic) bond motifs is 1. The summed E-state index contributed by atoms with van der Waals surface area (Å²) in [6.45, 7) is 6.01. The lowest BCUT2D eigenvalue weighted by atomic mass is 10.0. The quantitative estimate of drug-likeness (QED) is 0.616. The smallest absolute Gasteiger partial charge is 0.274 e. The number of aromatic nitrogens is 2. The Balaban J connectivity index is 1.23. The van der Waals surface area contributed by atoms with Crippen LogP contribution in [0.25, 0.3) is 0 Å². The number of nitrogens with one attached hydrogen (secondary N) is 1. The van der Waals surface area contributed by atoms with Crippen molar-refractivity contribution >= 4 is 17.5 Å². The molecule has 3 heterocycles. The van der Waals surface area contributed by atoms with E-state index in [0.717, 1.165) is 35.7 Å². The van der Waals surface area contributed by atoms with E-state index < -0.39 is 0 Å². The minimum absolute atomic E-state index is 0.0484. The minimum Gasteiger partial charge on any atom is -0.497 e. The third-order valence-electron chi connectivity index (χ3n) is 7.03. The van der Waals surface area contributed by atoms with Crippen molar-refractivity contribution in [3.8, 4) is 5.75 Å². The SMILES string of the molecule is COc1ccc(CC(=O)N2CCc3[nH]nc(C(=O)N4CCN(c5ccccc5C)CC4)c3C2)cc1. The molecule has 0 aliphatic carbocycles. The number of amides is 2. The van der Waals surface area contributed by atoms with E-state index >= 15 is 0 Å². The van der Waals surface area contributed by atoms with Crippen LogP contribution in [0.3, 0.4) is 0 Å². The Bertz CT molecular complexity index is 1210. The number of para-hydroxylation sites is 1. The lowest BCUT2D eigenvalue weighted by Gasteiger charge is -2.36. The average Bonchev–Trinajstić information content (AvgIpc) is 3.32. The number of nitrogens with zero attached hydrogens (tertiary/aromatic N) is 4. The Labute approximate surface area is 205 Å². The molecule has 0 bridgehead atoms. The number of ether oxygens (including phenoxy) is 1. The van der Waals surface area contributed by atoms with E-state index in [1.807, 2.05) is 40.1 Å². The number of hydrogen-bond donors (Lipinski definition) is 1. The van der Waals surface area contributed by atoms with Gasteiger partial charge in [-0.3, -0.25) is 14.7 Å². The van der Waals surface area contributed by atoms with Crippen LogP contribution in [0.4, 0.5) is 5.69 Å². The molecule has 0 radical (unpaired) electrons. The maximum atomic E-state index is 13.4. The van der Waals surface area contributed by atoms with Crippen LogP contribution in [0.1, 0.15) is 32.9 Å². The van der Waals surface area contributed by atoms with E-state index in [2.05, 4.69) is 40.2 Å². The van der Waals surface area contributed by atoms with Gasteiger partial charge in [0.25, 0.3) is 5.91 Å². The zero-order valence-corrected chi connectivity index (χ0v) is 20.3. The number of rotatable bonds is 5. The van der Waals surface area contributed by atoms with E-state index in [4.69, 9.17) is 4.74 Å². The fourth-order valence-electron chi connectivity index (χ4n) is 4.93. The topological polar surface area (TPSA) is 81.8 Å². The molecule has 1 N–H and O–H groups in total. The molecular formula is C27H31N5O3. The monoisotopic (exact) mass is 473 g/mol. The summed E-state index contributed by atoms with van der Waals surface area (Å²) in [6, 6.07) is 15.9. The van der Waals surface area contributed by atoms with Gasteiger partial charge < -0.3 is 19.4 Å². The molecule has 5 rings (SSSR count). The molecule has 182 valence electrons. The summed E-state index contributed by atoms with van der Waals surface area (Å²) in [5.74, 6) is 0.758. The van der Waals surface area contributed by atoms with Gasteiger partial charge in [0.2, 0.25) is 5.91 Å². The van der Waals surface area contributed by atoms with E-state index in [9.17, 15) is 9.59 Å². The van der Waals surface area contributed by atoms with Gasteiger partial charge in [0, 0.05) is 62.6 Å². The zero-order valence-electron chi connectivity index (χ0n) is 20.3. The standard InChI is InChI=1S/C27H31N5O3/c1-19-5-3-4-6-24(19)30-13-15-31(16-14-30)27(34)26-22-18-32(12-11-23(22)28-29-26)25(33)17-20-7-9-21(35-2)10-8-20/h3-10H,11-18H2,1-2H3,(H,28,29). The summed E-state index contributed by atoms with van der Waals surface area (Å²) >= 11 is 0. The molecule has 1 fully saturated rings. The van der Waals surface area contributed by atoms with Gasteiger partial charge in [0.05, 0.1) is 13.5 Å². The van der Waals surface area contributed by atoms with Crippen molar-refractivity contribution in [2.75, 3.05) is 44.7 Å². The lowest BCUT2D eigenvalue weighted by molar-refractivity contribution is -0.131. The van der Waals surface area contributed by atoms with Crippen LogP contribution in [0.2, 0.25) is 0 Å². The molecule has 1 saturated heterocycles. The summed E-state index contributed by atoms with van der Waals surface area (Å²) in [7, 11) is 1.62. The van der Waals surface area contributed by atoms with Crippen molar-refractivity contribution in [1.29, 1.82) is 0 Å². The molecule has 35 heavy (non-hydrogen) atoms. The number of hydrogen-bond acceptors (Lipinski definition) is 5. The fourth-order valence-corrected chi connectivity index (χ4v) is 4.93. The molecule has 0 spiro atoms. The number of aryl methyl sites for hydroxylation is 1. The molecule has 0 unspecified atom stereocenters. The fraction of sp³-hybridized carbons (Fsp3) is 0.370. The predicted molar refractivity (Wildman–Crippen MR) is 134 cm³/mol.